The van der Waals surface area contributed by atoms with Crippen molar-refractivity contribution in [3.63, 3.8) is 0 Å². The van der Waals surface area contributed by atoms with Gasteiger partial charge in [-0.1, -0.05) is 13.3 Å². The van der Waals surface area contributed by atoms with Gasteiger partial charge in [0, 0.05) is 23.2 Å². The minimum Gasteiger partial charge on any atom is -0.399 e. The van der Waals surface area contributed by atoms with Gasteiger partial charge in [0.05, 0.1) is 5.69 Å². The van der Waals surface area contributed by atoms with E-state index < -0.39 is 0 Å². The number of halogens is 1. The van der Waals surface area contributed by atoms with E-state index >= 15 is 0 Å². The molecule has 0 aliphatic carbocycles. The first kappa shape index (κ1) is 10.8. The average molecular weight is 269 g/mol. The SMILES string of the molecule is CCCC1CN(c2cc(N)ccc2Br)C1. The van der Waals surface area contributed by atoms with E-state index in [-0.39, 0.29) is 0 Å². The zero-order valence-corrected chi connectivity index (χ0v) is 10.6. The highest BCUT2D eigenvalue weighted by atomic mass is 79.9. The molecule has 0 spiro atoms. The second-order valence-electron chi connectivity index (χ2n) is 4.27. The fourth-order valence-electron chi connectivity index (χ4n) is 2.13. The van der Waals surface area contributed by atoms with Crippen LogP contribution >= 0.6 is 15.9 Å². The lowest BCUT2D eigenvalue weighted by Crippen LogP contribution is -2.46. The molecule has 1 fully saturated rings. The number of nitrogen functional groups attached to an aromatic ring is 1. The number of rotatable bonds is 3. The Morgan fingerprint density at radius 1 is 1.47 bits per heavy atom. The molecule has 82 valence electrons. The minimum atomic E-state index is 0.840. The highest BCUT2D eigenvalue weighted by molar-refractivity contribution is 9.10. The maximum absolute atomic E-state index is 5.79. The van der Waals surface area contributed by atoms with Crippen LogP contribution in [0.3, 0.4) is 0 Å². The first-order valence-electron chi connectivity index (χ1n) is 5.50. The molecule has 2 nitrogen and oxygen atoms in total. The molecule has 0 amide bonds. The first-order chi connectivity index (χ1) is 7.20. The Balaban J connectivity index is 2.03. The van der Waals surface area contributed by atoms with Crippen molar-refractivity contribution < 1.29 is 0 Å². The minimum absolute atomic E-state index is 0.840. The van der Waals surface area contributed by atoms with E-state index in [1.54, 1.807) is 0 Å². The summed E-state index contributed by atoms with van der Waals surface area (Å²) in [5, 5.41) is 0. The summed E-state index contributed by atoms with van der Waals surface area (Å²) in [4.78, 5) is 2.39. The molecular formula is C12H17BrN2. The lowest BCUT2D eigenvalue weighted by Gasteiger charge is -2.41. The van der Waals surface area contributed by atoms with Crippen molar-refractivity contribution in [1.82, 2.24) is 0 Å². The topological polar surface area (TPSA) is 29.3 Å². The van der Waals surface area contributed by atoms with E-state index in [1.165, 1.54) is 31.6 Å². The van der Waals surface area contributed by atoms with Crippen LogP contribution < -0.4 is 10.6 Å². The summed E-state index contributed by atoms with van der Waals surface area (Å²) in [7, 11) is 0. The summed E-state index contributed by atoms with van der Waals surface area (Å²) in [6, 6.07) is 6.00. The average Bonchev–Trinajstić information content (AvgIpc) is 2.15. The van der Waals surface area contributed by atoms with Crippen molar-refractivity contribution in [2.45, 2.75) is 19.8 Å². The molecule has 0 atom stereocenters. The molecule has 0 aromatic heterocycles. The third-order valence-corrected chi connectivity index (χ3v) is 3.64. The largest absolute Gasteiger partial charge is 0.399 e. The second-order valence-corrected chi connectivity index (χ2v) is 5.12. The van der Waals surface area contributed by atoms with Crippen LogP contribution in [0.2, 0.25) is 0 Å². The van der Waals surface area contributed by atoms with E-state index in [0.29, 0.717) is 0 Å². The van der Waals surface area contributed by atoms with Gasteiger partial charge in [0.1, 0.15) is 0 Å². The third-order valence-electron chi connectivity index (χ3n) is 2.96. The Bertz CT molecular complexity index is 345. The second kappa shape index (κ2) is 4.44. The number of anilines is 2. The van der Waals surface area contributed by atoms with Crippen molar-refractivity contribution in [2.24, 2.45) is 5.92 Å². The van der Waals surface area contributed by atoms with Gasteiger partial charge in [-0.05, 0) is 46.5 Å². The zero-order valence-electron chi connectivity index (χ0n) is 9.04. The summed E-state index contributed by atoms with van der Waals surface area (Å²) in [5.74, 6) is 0.878. The lowest BCUT2D eigenvalue weighted by atomic mass is 9.94. The van der Waals surface area contributed by atoms with Gasteiger partial charge in [-0.3, -0.25) is 0 Å². The molecule has 1 aliphatic rings. The molecule has 2 N–H and O–H groups in total. The summed E-state index contributed by atoms with van der Waals surface area (Å²) < 4.78 is 1.15. The Morgan fingerprint density at radius 3 is 2.87 bits per heavy atom. The first-order valence-corrected chi connectivity index (χ1v) is 6.30. The van der Waals surface area contributed by atoms with Gasteiger partial charge in [-0.2, -0.15) is 0 Å². The van der Waals surface area contributed by atoms with Crippen LogP contribution in [0.25, 0.3) is 0 Å². The van der Waals surface area contributed by atoms with Crippen molar-refractivity contribution in [2.75, 3.05) is 23.7 Å². The van der Waals surface area contributed by atoms with Crippen LogP contribution in [-0.4, -0.2) is 13.1 Å². The van der Waals surface area contributed by atoms with Crippen molar-refractivity contribution in [3.8, 4) is 0 Å². The third kappa shape index (κ3) is 2.28. The predicted molar refractivity (Wildman–Crippen MR) is 69.2 cm³/mol. The zero-order chi connectivity index (χ0) is 10.8. The Kier molecular flexibility index (Phi) is 3.19. The molecule has 3 heteroatoms. The number of hydrogen-bond donors (Lipinski definition) is 1. The van der Waals surface area contributed by atoms with Gasteiger partial charge in [0.2, 0.25) is 0 Å². The van der Waals surface area contributed by atoms with Crippen LogP contribution in [-0.2, 0) is 0 Å². The molecule has 0 unspecified atom stereocenters. The summed E-state index contributed by atoms with van der Waals surface area (Å²) >= 11 is 3.57. The predicted octanol–water partition coefficient (Wildman–Crippen LogP) is 3.27. The molecule has 0 radical (unpaired) electrons. The monoisotopic (exact) mass is 268 g/mol. The molecule has 0 saturated carbocycles. The summed E-state index contributed by atoms with van der Waals surface area (Å²) in [6.45, 7) is 4.60. The van der Waals surface area contributed by atoms with E-state index in [0.717, 1.165) is 16.1 Å². The Hall–Kier alpha value is -0.700. The van der Waals surface area contributed by atoms with Gasteiger partial charge < -0.3 is 10.6 Å². The lowest BCUT2D eigenvalue weighted by molar-refractivity contribution is 0.380. The van der Waals surface area contributed by atoms with Gasteiger partial charge in [-0.15, -0.1) is 0 Å². The number of hydrogen-bond acceptors (Lipinski definition) is 2. The molecule has 1 saturated heterocycles. The maximum atomic E-state index is 5.79. The van der Waals surface area contributed by atoms with Crippen LogP contribution in [0.4, 0.5) is 11.4 Å². The van der Waals surface area contributed by atoms with Gasteiger partial charge >= 0.3 is 0 Å². The highest BCUT2D eigenvalue weighted by Gasteiger charge is 2.27. The molecule has 2 rings (SSSR count). The van der Waals surface area contributed by atoms with E-state index in [1.807, 2.05) is 18.2 Å². The Morgan fingerprint density at radius 2 is 2.20 bits per heavy atom. The van der Waals surface area contributed by atoms with Crippen LogP contribution in [0.1, 0.15) is 19.8 Å². The van der Waals surface area contributed by atoms with E-state index in [9.17, 15) is 0 Å². The summed E-state index contributed by atoms with van der Waals surface area (Å²) in [6.07, 6.45) is 2.63. The highest BCUT2D eigenvalue weighted by Crippen LogP contribution is 2.34. The molecule has 1 aliphatic heterocycles. The number of nitrogens with zero attached hydrogens (tertiary/aromatic N) is 1. The smallest absolute Gasteiger partial charge is 0.0531 e. The van der Waals surface area contributed by atoms with Crippen molar-refractivity contribution in [1.29, 1.82) is 0 Å². The maximum Gasteiger partial charge on any atom is 0.0531 e. The molecule has 0 bridgehead atoms. The normalized spacial score (nSPS) is 16.5. The molecular weight excluding hydrogens is 252 g/mol. The summed E-state index contributed by atoms with van der Waals surface area (Å²) in [5.41, 5.74) is 7.87. The van der Waals surface area contributed by atoms with Crippen molar-refractivity contribution >= 4 is 27.3 Å². The van der Waals surface area contributed by atoms with Crippen molar-refractivity contribution in [3.05, 3.63) is 22.7 Å². The van der Waals surface area contributed by atoms with Crippen LogP contribution in [0.5, 0.6) is 0 Å². The van der Waals surface area contributed by atoms with E-state index in [4.69, 9.17) is 5.73 Å². The molecule has 1 heterocycles. The number of nitrogens with two attached hydrogens (primary N) is 1. The van der Waals surface area contributed by atoms with Gasteiger partial charge in [-0.25, -0.2) is 0 Å². The number of benzene rings is 1. The van der Waals surface area contributed by atoms with Crippen LogP contribution in [0, 0.1) is 5.92 Å². The van der Waals surface area contributed by atoms with E-state index in [2.05, 4.69) is 27.8 Å². The van der Waals surface area contributed by atoms with Gasteiger partial charge in [0.25, 0.3) is 0 Å². The fourth-order valence-corrected chi connectivity index (χ4v) is 2.63. The fraction of sp³-hybridized carbons (Fsp3) is 0.500. The molecule has 15 heavy (non-hydrogen) atoms. The molecule has 1 aromatic rings. The standard InChI is InChI=1S/C12H17BrN2/c1-2-3-9-7-15(8-9)12-6-10(14)4-5-11(12)13/h4-6,9H,2-3,7-8,14H2,1H3. The van der Waals surface area contributed by atoms with Crippen LogP contribution in [0.15, 0.2) is 22.7 Å². The quantitative estimate of drug-likeness (QED) is 0.853. The Labute approximate surface area is 99.6 Å². The molecule has 1 aromatic carbocycles. The van der Waals surface area contributed by atoms with Gasteiger partial charge in [0.15, 0.2) is 0 Å².